The molecule has 1 aromatic heterocycles. The minimum absolute atomic E-state index is 0.140. The fourth-order valence-corrected chi connectivity index (χ4v) is 5.21. The highest BCUT2D eigenvalue weighted by molar-refractivity contribution is 5.97. The zero-order chi connectivity index (χ0) is 26.6. The van der Waals surface area contributed by atoms with Gasteiger partial charge in [0, 0.05) is 23.6 Å². The summed E-state index contributed by atoms with van der Waals surface area (Å²) in [5.41, 5.74) is 1.37. The summed E-state index contributed by atoms with van der Waals surface area (Å²) < 4.78 is 23.4. The van der Waals surface area contributed by atoms with E-state index in [0.717, 1.165) is 47.1 Å². The topological polar surface area (TPSA) is 61.1 Å². The van der Waals surface area contributed by atoms with Gasteiger partial charge in [-0.15, -0.1) is 0 Å². The molecule has 0 spiro atoms. The zero-order valence-corrected chi connectivity index (χ0v) is 22.0. The van der Waals surface area contributed by atoms with Crippen LogP contribution in [0.3, 0.4) is 0 Å². The van der Waals surface area contributed by atoms with Crippen molar-refractivity contribution in [2.45, 2.75) is 19.3 Å². The first kappa shape index (κ1) is 25.0. The van der Waals surface area contributed by atoms with Crippen molar-refractivity contribution in [1.29, 1.82) is 0 Å². The molecule has 0 radical (unpaired) electrons. The predicted octanol–water partition coefficient (Wildman–Crippen LogP) is 7.28. The van der Waals surface area contributed by atoms with Crippen molar-refractivity contribution in [2.24, 2.45) is 0 Å². The van der Waals surface area contributed by atoms with Gasteiger partial charge in [-0.3, -0.25) is 4.90 Å². The molecule has 6 rings (SSSR count). The standard InChI is InChI=1S/C33H31NO5/c1-36-27-15-16-29-30(22-27)39-33(35)32(38-28-14-9-23-7-3-4-8-25(23)21-28)31(29)24-10-12-26(13-11-24)37-20-19-34-17-5-2-6-18-34/h3-4,7-16,21-22H,2,5-6,17-20H2,1H3. The van der Waals surface area contributed by atoms with Crippen LogP contribution >= 0.6 is 0 Å². The lowest BCUT2D eigenvalue weighted by Gasteiger charge is -2.26. The van der Waals surface area contributed by atoms with Crippen molar-refractivity contribution >= 4 is 21.7 Å². The lowest BCUT2D eigenvalue weighted by atomic mass is 10.0. The van der Waals surface area contributed by atoms with Gasteiger partial charge in [-0.05, 0) is 78.7 Å². The van der Waals surface area contributed by atoms with Crippen molar-refractivity contribution in [3.63, 3.8) is 0 Å². The maximum absolute atomic E-state index is 13.3. The summed E-state index contributed by atoms with van der Waals surface area (Å²) in [6, 6.07) is 27.1. The summed E-state index contributed by atoms with van der Waals surface area (Å²) >= 11 is 0. The molecule has 6 heteroatoms. The Balaban J connectivity index is 1.34. The number of hydrogen-bond donors (Lipinski definition) is 0. The molecule has 39 heavy (non-hydrogen) atoms. The van der Waals surface area contributed by atoms with Gasteiger partial charge in [-0.1, -0.05) is 48.9 Å². The molecule has 1 aliphatic heterocycles. The fourth-order valence-electron chi connectivity index (χ4n) is 5.21. The van der Waals surface area contributed by atoms with Crippen molar-refractivity contribution in [3.05, 3.63) is 95.3 Å². The predicted molar refractivity (Wildman–Crippen MR) is 154 cm³/mol. The second-order valence-electron chi connectivity index (χ2n) is 9.84. The monoisotopic (exact) mass is 521 g/mol. The third kappa shape index (κ3) is 5.47. The molecule has 0 N–H and O–H groups in total. The summed E-state index contributed by atoms with van der Waals surface area (Å²) in [6.45, 7) is 3.87. The Morgan fingerprint density at radius 2 is 1.54 bits per heavy atom. The molecule has 0 aliphatic carbocycles. The van der Waals surface area contributed by atoms with E-state index in [-0.39, 0.29) is 5.75 Å². The second kappa shape index (κ2) is 11.2. The highest BCUT2D eigenvalue weighted by atomic mass is 16.5. The summed E-state index contributed by atoms with van der Waals surface area (Å²) in [6.07, 6.45) is 3.86. The number of hydrogen-bond acceptors (Lipinski definition) is 6. The number of nitrogens with zero attached hydrogens (tertiary/aromatic N) is 1. The number of piperidine rings is 1. The summed E-state index contributed by atoms with van der Waals surface area (Å²) in [5, 5.41) is 2.88. The number of fused-ring (bicyclic) bond motifs is 2. The van der Waals surface area contributed by atoms with Gasteiger partial charge >= 0.3 is 5.63 Å². The molecule has 5 aromatic rings. The molecule has 198 valence electrons. The highest BCUT2D eigenvalue weighted by Crippen LogP contribution is 2.39. The van der Waals surface area contributed by atoms with Gasteiger partial charge in [0.2, 0.25) is 5.75 Å². The van der Waals surface area contributed by atoms with Crippen molar-refractivity contribution in [3.8, 4) is 34.1 Å². The molecule has 2 heterocycles. The highest BCUT2D eigenvalue weighted by Gasteiger charge is 2.20. The van der Waals surface area contributed by atoms with Gasteiger partial charge in [-0.2, -0.15) is 0 Å². The van der Waals surface area contributed by atoms with Crippen LogP contribution in [0.5, 0.6) is 23.0 Å². The molecule has 1 saturated heterocycles. The Hall–Kier alpha value is -4.29. The molecule has 1 fully saturated rings. The number of methoxy groups -OCH3 is 1. The van der Waals surface area contributed by atoms with Gasteiger partial charge < -0.3 is 18.6 Å². The zero-order valence-electron chi connectivity index (χ0n) is 22.0. The quantitative estimate of drug-likeness (QED) is 0.200. The number of rotatable bonds is 8. The number of benzene rings is 4. The molecule has 4 aromatic carbocycles. The molecule has 0 bridgehead atoms. The summed E-state index contributed by atoms with van der Waals surface area (Å²) in [4.78, 5) is 15.7. The summed E-state index contributed by atoms with van der Waals surface area (Å²) in [5.74, 6) is 2.11. The number of likely N-dealkylation sites (tertiary alicyclic amines) is 1. The fraction of sp³-hybridized carbons (Fsp3) is 0.242. The Bertz CT molecular complexity index is 1650. The Morgan fingerprint density at radius 1 is 0.795 bits per heavy atom. The maximum atomic E-state index is 13.3. The van der Waals surface area contributed by atoms with Gasteiger partial charge in [0.15, 0.2) is 0 Å². The SMILES string of the molecule is COc1ccc2c(-c3ccc(OCCN4CCCCC4)cc3)c(Oc3ccc4ccccc4c3)c(=O)oc2c1. The van der Waals surface area contributed by atoms with Crippen LogP contribution in [0.4, 0.5) is 0 Å². The second-order valence-corrected chi connectivity index (χ2v) is 9.84. The Labute approximate surface area is 227 Å². The third-order valence-electron chi connectivity index (χ3n) is 7.28. The van der Waals surface area contributed by atoms with E-state index in [1.807, 2.05) is 78.9 Å². The number of ether oxygens (including phenoxy) is 3. The van der Waals surface area contributed by atoms with Gasteiger partial charge in [0.25, 0.3) is 0 Å². The van der Waals surface area contributed by atoms with Crippen molar-refractivity contribution in [2.75, 3.05) is 33.4 Å². The van der Waals surface area contributed by atoms with E-state index < -0.39 is 5.63 Å². The van der Waals surface area contributed by atoms with Gasteiger partial charge in [0.1, 0.15) is 29.4 Å². The minimum atomic E-state index is -0.555. The van der Waals surface area contributed by atoms with Crippen LogP contribution in [0.2, 0.25) is 0 Å². The van der Waals surface area contributed by atoms with Crippen LogP contribution in [0, 0.1) is 0 Å². The van der Waals surface area contributed by atoms with E-state index in [2.05, 4.69) is 4.90 Å². The minimum Gasteiger partial charge on any atom is -0.497 e. The molecule has 0 atom stereocenters. The first-order valence-corrected chi connectivity index (χ1v) is 13.4. The molecular formula is C33H31NO5. The molecule has 0 unspecified atom stereocenters. The smallest absolute Gasteiger partial charge is 0.380 e. The lowest BCUT2D eigenvalue weighted by molar-refractivity contribution is 0.183. The molecular weight excluding hydrogens is 490 g/mol. The largest absolute Gasteiger partial charge is 0.497 e. The average molecular weight is 522 g/mol. The summed E-state index contributed by atoms with van der Waals surface area (Å²) in [7, 11) is 1.58. The van der Waals surface area contributed by atoms with E-state index in [1.54, 1.807) is 13.2 Å². The van der Waals surface area contributed by atoms with Crippen LogP contribution in [-0.2, 0) is 0 Å². The van der Waals surface area contributed by atoms with E-state index >= 15 is 0 Å². The van der Waals surface area contributed by atoms with E-state index in [0.29, 0.717) is 29.3 Å². The van der Waals surface area contributed by atoms with E-state index in [1.165, 1.54) is 19.3 Å². The maximum Gasteiger partial charge on any atom is 0.380 e. The Morgan fingerprint density at radius 3 is 2.33 bits per heavy atom. The van der Waals surface area contributed by atoms with Crippen LogP contribution in [0.25, 0.3) is 32.9 Å². The van der Waals surface area contributed by atoms with Crippen LogP contribution in [0.15, 0.2) is 94.1 Å². The van der Waals surface area contributed by atoms with Crippen molar-refractivity contribution in [1.82, 2.24) is 4.90 Å². The first-order valence-electron chi connectivity index (χ1n) is 13.4. The normalized spacial score (nSPS) is 14.0. The molecule has 0 saturated carbocycles. The van der Waals surface area contributed by atoms with Crippen LogP contribution < -0.4 is 19.8 Å². The molecule has 0 amide bonds. The van der Waals surface area contributed by atoms with Gasteiger partial charge in [0.05, 0.1) is 7.11 Å². The third-order valence-corrected chi connectivity index (χ3v) is 7.28. The van der Waals surface area contributed by atoms with Crippen LogP contribution in [-0.4, -0.2) is 38.3 Å². The average Bonchev–Trinajstić information content (AvgIpc) is 2.98. The van der Waals surface area contributed by atoms with Gasteiger partial charge in [-0.25, -0.2) is 4.79 Å². The first-order chi connectivity index (χ1) is 19.2. The van der Waals surface area contributed by atoms with E-state index in [4.69, 9.17) is 18.6 Å². The Kier molecular flexibility index (Phi) is 7.19. The molecule has 6 nitrogen and oxygen atoms in total. The lowest BCUT2D eigenvalue weighted by Crippen LogP contribution is -2.33. The van der Waals surface area contributed by atoms with Crippen LogP contribution in [0.1, 0.15) is 19.3 Å². The van der Waals surface area contributed by atoms with E-state index in [9.17, 15) is 4.79 Å². The van der Waals surface area contributed by atoms with Crippen molar-refractivity contribution < 1.29 is 18.6 Å². The molecule has 1 aliphatic rings.